The van der Waals surface area contributed by atoms with Crippen molar-refractivity contribution in [3.05, 3.63) is 92.1 Å². The SMILES string of the molecule is COCCn1c(=O)c2c(ncn2Cc2ccccc2F)n(-c2ccccc2Cl)c1=O. The lowest BCUT2D eigenvalue weighted by atomic mass is 10.2. The third kappa shape index (κ3) is 3.44. The van der Waals surface area contributed by atoms with E-state index in [2.05, 4.69) is 4.98 Å². The minimum Gasteiger partial charge on any atom is -0.383 e. The second-order valence-electron chi connectivity index (χ2n) is 6.66. The van der Waals surface area contributed by atoms with Gasteiger partial charge in [0.05, 0.1) is 36.7 Å². The van der Waals surface area contributed by atoms with Crippen LogP contribution in [-0.2, 0) is 17.8 Å². The minimum atomic E-state index is -0.575. The van der Waals surface area contributed by atoms with E-state index in [1.54, 1.807) is 42.5 Å². The molecule has 2 aromatic heterocycles. The van der Waals surface area contributed by atoms with Crippen molar-refractivity contribution in [3.8, 4) is 5.69 Å². The van der Waals surface area contributed by atoms with Crippen LogP contribution in [0.5, 0.6) is 0 Å². The number of methoxy groups -OCH3 is 1. The second-order valence-corrected chi connectivity index (χ2v) is 7.06. The molecule has 9 heteroatoms. The molecule has 0 aliphatic carbocycles. The molecule has 0 amide bonds. The third-order valence-electron chi connectivity index (χ3n) is 4.81. The number of fused-ring (bicyclic) bond motifs is 1. The van der Waals surface area contributed by atoms with Gasteiger partial charge in [0, 0.05) is 12.7 Å². The number of rotatable bonds is 6. The molecular weight excluding hydrogens is 411 g/mol. The fourth-order valence-corrected chi connectivity index (χ4v) is 3.56. The van der Waals surface area contributed by atoms with Gasteiger partial charge in [-0.15, -0.1) is 0 Å². The Morgan fingerprint density at radius 3 is 2.57 bits per heavy atom. The first kappa shape index (κ1) is 20.1. The standard InChI is InChI=1S/C21H18ClFN4O3/c1-30-11-10-26-20(28)18-19(27(21(26)29)17-9-5-3-7-15(17)22)24-13-25(18)12-14-6-2-4-8-16(14)23/h2-9,13H,10-12H2,1H3. The summed E-state index contributed by atoms with van der Waals surface area (Å²) in [4.78, 5) is 30.7. The Balaban J connectivity index is 2.01. The topological polar surface area (TPSA) is 71.1 Å². The maximum absolute atomic E-state index is 14.2. The van der Waals surface area contributed by atoms with Crippen molar-refractivity contribution in [3.63, 3.8) is 0 Å². The van der Waals surface area contributed by atoms with E-state index in [9.17, 15) is 14.0 Å². The molecule has 2 heterocycles. The maximum atomic E-state index is 14.2. The minimum absolute atomic E-state index is 0.0550. The van der Waals surface area contributed by atoms with Crippen LogP contribution >= 0.6 is 11.6 Å². The highest BCUT2D eigenvalue weighted by Crippen LogP contribution is 2.21. The number of nitrogens with zero attached hydrogens (tertiary/aromatic N) is 4. The smallest absolute Gasteiger partial charge is 0.337 e. The van der Waals surface area contributed by atoms with E-state index in [-0.39, 0.29) is 30.9 Å². The van der Waals surface area contributed by atoms with E-state index in [4.69, 9.17) is 16.3 Å². The van der Waals surface area contributed by atoms with Crippen LogP contribution in [0.4, 0.5) is 4.39 Å². The normalized spacial score (nSPS) is 11.3. The number of aromatic nitrogens is 4. The Hall–Kier alpha value is -3.23. The van der Waals surface area contributed by atoms with Gasteiger partial charge >= 0.3 is 5.69 Å². The van der Waals surface area contributed by atoms with Gasteiger partial charge in [0.1, 0.15) is 5.82 Å². The van der Waals surface area contributed by atoms with Crippen LogP contribution in [0.15, 0.2) is 64.4 Å². The number of halogens is 2. The number of benzene rings is 2. The lowest BCUT2D eigenvalue weighted by Gasteiger charge is -2.13. The Bertz CT molecular complexity index is 1340. The number of imidazole rings is 1. The van der Waals surface area contributed by atoms with Gasteiger partial charge in [0.25, 0.3) is 5.56 Å². The van der Waals surface area contributed by atoms with Crippen molar-refractivity contribution in [1.82, 2.24) is 18.7 Å². The van der Waals surface area contributed by atoms with Crippen molar-refractivity contribution < 1.29 is 9.13 Å². The fraction of sp³-hybridized carbons (Fsp3) is 0.190. The summed E-state index contributed by atoms with van der Waals surface area (Å²) in [7, 11) is 1.48. The first-order valence-electron chi connectivity index (χ1n) is 9.21. The highest BCUT2D eigenvalue weighted by atomic mass is 35.5. The molecule has 0 aliphatic heterocycles. The molecule has 0 radical (unpaired) electrons. The number of para-hydroxylation sites is 1. The van der Waals surface area contributed by atoms with E-state index in [0.29, 0.717) is 16.3 Å². The van der Waals surface area contributed by atoms with Crippen LogP contribution in [-0.4, -0.2) is 32.4 Å². The quantitative estimate of drug-likeness (QED) is 0.473. The van der Waals surface area contributed by atoms with Crippen molar-refractivity contribution in [1.29, 1.82) is 0 Å². The molecule has 0 spiro atoms. The molecule has 0 atom stereocenters. The molecule has 7 nitrogen and oxygen atoms in total. The summed E-state index contributed by atoms with van der Waals surface area (Å²) < 4.78 is 23.1. The van der Waals surface area contributed by atoms with Crippen LogP contribution in [0.25, 0.3) is 16.9 Å². The Morgan fingerprint density at radius 1 is 1.10 bits per heavy atom. The third-order valence-corrected chi connectivity index (χ3v) is 5.13. The summed E-state index contributed by atoms with van der Waals surface area (Å²) in [5, 5.41) is 0.335. The summed E-state index contributed by atoms with van der Waals surface area (Å²) in [5.41, 5.74) is 0.0292. The van der Waals surface area contributed by atoms with E-state index >= 15 is 0 Å². The Labute approximate surface area is 175 Å². The Morgan fingerprint density at radius 2 is 1.83 bits per heavy atom. The Kier molecular flexibility index (Phi) is 5.52. The van der Waals surface area contributed by atoms with Crippen LogP contribution in [0.2, 0.25) is 5.02 Å². The summed E-state index contributed by atoms with van der Waals surface area (Å²) in [6, 6.07) is 13.1. The fourth-order valence-electron chi connectivity index (χ4n) is 3.34. The molecular formula is C21H18ClFN4O3. The molecule has 0 saturated heterocycles. The molecule has 2 aromatic carbocycles. The van der Waals surface area contributed by atoms with Crippen molar-refractivity contribution in [2.45, 2.75) is 13.1 Å². The van der Waals surface area contributed by atoms with Gasteiger partial charge in [-0.1, -0.05) is 41.9 Å². The van der Waals surface area contributed by atoms with Crippen molar-refractivity contribution >= 4 is 22.8 Å². The summed E-state index contributed by atoms with van der Waals surface area (Å²) >= 11 is 6.33. The average Bonchev–Trinajstić information content (AvgIpc) is 3.14. The van der Waals surface area contributed by atoms with Crippen LogP contribution in [0, 0.1) is 5.82 Å². The van der Waals surface area contributed by atoms with Crippen LogP contribution in [0.1, 0.15) is 5.56 Å². The predicted molar refractivity (Wildman–Crippen MR) is 112 cm³/mol. The lowest BCUT2D eigenvalue weighted by Crippen LogP contribution is -2.41. The first-order chi connectivity index (χ1) is 14.5. The summed E-state index contributed by atoms with van der Waals surface area (Å²) in [6.07, 6.45) is 1.42. The van der Waals surface area contributed by atoms with E-state index in [1.807, 2.05) is 0 Å². The number of hydrogen-bond acceptors (Lipinski definition) is 4. The molecule has 0 unspecified atom stereocenters. The summed E-state index contributed by atoms with van der Waals surface area (Å²) in [6.45, 7) is 0.313. The molecule has 0 N–H and O–H groups in total. The van der Waals surface area contributed by atoms with Gasteiger partial charge in [-0.2, -0.15) is 0 Å². The molecule has 154 valence electrons. The first-order valence-corrected chi connectivity index (χ1v) is 9.58. The van der Waals surface area contributed by atoms with Gasteiger partial charge < -0.3 is 9.30 Å². The largest absolute Gasteiger partial charge is 0.383 e. The highest BCUT2D eigenvalue weighted by Gasteiger charge is 2.20. The van der Waals surface area contributed by atoms with E-state index in [1.165, 1.54) is 28.6 Å². The molecule has 30 heavy (non-hydrogen) atoms. The zero-order valence-electron chi connectivity index (χ0n) is 16.1. The second kappa shape index (κ2) is 8.25. The van der Waals surface area contributed by atoms with Gasteiger partial charge in [0.2, 0.25) is 0 Å². The van der Waals surface area contributed by atoms with Gasteiger partial charge in [0.15, 0.2) is 11.2 Å². The van der Waals surface area contributed by atoms with Crippen LogP contribution < -0.4 is 11.2 Å². The molecule has 0 saturated carbocycles. The van der Waals surface area contributed by atoms with Gasteiger partial charge in [-0.05, 0) is 18.2 Å². The maximum Gasteiger partial charge on any atom is 0.337 e. The number of hydrogen-bond donors (Lipinski definition) is 0. The molecule has 4 rings (SSSR count). The monoisotopic (exact) mass is 428 g/mol. The van der Waals surface area contributed by atoms with Gasteiger partial charge in [-0.3, -0.25) is 9.36 Å². The lowest BCUT2D eigenvalue weighted by molar-refractivity contribution is 0.184. The van der Waals surface area contributed by atoms with Gasteiger partial charge in [-0.25, -0.2) is 18.7 Å². The van der Waals surface area contributed by atoms with E-state index in [0.717, 1.165) is 4.57 Å². The van der Waals surface area contributed by atoms with Crippen molar-refractivity contribution in [2.75, 3.05) is 13.7 Å². The molecule has 0 aliphatic rings. The van der Waals surface area contributed by atoms with E-state index < -0.39 is 17.1 Å². The molecule has 0 fully saturated rings. The highest BCUT2D eigenvalue weighted by molar-refractivity contribution is 6.32. The number of ether oxygens (including phenoxy) is 1. The zero-order chi connectivity index (χ0) is 21.3. The predicted octanol–water partition coefficient (Wildman–Crippen LogP) is 2.84. The zero-order valence-corrected chi connectivity index (χ0v) is 16.8. The average molecular weight is 429 g/mol. The van der Waals surface area contributed by atoms with Crippen molar-refractivity contribution in [2.24, 2.45) is 0 Å². The molecule has 4 aromatic rings. The van der Waals surface area contributed by atoms with Crippen LogP contribution in [0.3, 0.4) is 0 Å². The summed E-state index contributed by atoms with van der Waals surface area (Å²) in [5.74, 6) is -0.390. The molecule has 0 bridgehead atoms.